The van der Waals surface area contributed by atoms with Gasteiger partial charge in [-0.15, -0.1) is 0 Å². The lowest BCUT2D eigenvalue weighted by Crippen LogP contribution is -2.05. The van der Waals surface area contributed by atoms with Gasteiger partial charge in [-0.1, -0.05) is 6.07 Å². The van der Waals surface area contributed by atoms with Crippen molar-refractivity contribution in [3.63, 3.8) is 0 Å². The minimum Gasteiger partial charge on any atom is -0.390 e. The van der Waals surface area contributed by atoms with Crippen LogP contribution in [0.3, 0.4) is 0 Å². The smallest absolute Gasteiger partial charge is 0.223 e. The van der Waals surface area contributed by atoms with Crippen molar-refractivity contribution >= 4 is 5.95 Å². The predicted octanol–water partition coefficient (Wildman–Crippen LogP) is 0.976. The van der Waals surface area contributed by atoms with Crippen LogP contribution in [0.4, 0.5) is 5.95 Å². The molecule has 2 N–H and O–H groups in total. The Hall–Kier alpha value is -2.01. The van der Waals surface area contributed by atoms with E-state index in [0.29, 0.717) is 18.2 Å². The third kappa shape index (κ3) is 2.74. The summed E-state index contributed by atoms with van der Waals surface area (Å²) in [5, 5.41) is 12.0. The summed E-state index contributed by atoms with van der Waals surface area (Å²) in [6.07, 6.45) is 5.12. The first-order valence-electron chi connectivity index (χ1n) is 4.94. The number of pyridine rings is 1. The molecule has 5 nitrogen and oxygen atoms in total. The van der Waals surface area contributed by atoms with Crippen LogP contribution in [-0.4, -0.2) is 20.1 Å². The number of rotatable bonds is 4. The second-order valence-electron chi connectivity index (χ2n) is 3.24. The quantitative estimate of drug-likeness (QED) is 0.797. The predicted molar refractivity (Wildman–Crippen MR) is 59.5 cm³/mol. The highest BCUT2D eigenvalue weighted by Crippen LogP contribution is 2.03. The van der Waals surface area contributed by atoms with Crippen LogP contribution < -0.4 is 5.32 Å². The number of hydrogen-bond donors (Lipinski definition) is 2. The van der Waals surface area contributed by atoms with Crippen molar-refractivity contribution in [2.24, 2.45) is 0 Å². The topological polar surface area (TPSA) is 70.9 Å². The minimum absolute atomic E-state index is 0.0793. The van der Waals surface area contributed by atoms with Crippen molar-refractivity contribution in [1.29, 1.82) is 0 Å². The van der Waals surface area contributed by atoms with Gasteiger partial charge in [-0.3, -0.25) is 4.98 Å². The van der Waals surface area contributed by atoms with Gasteiger partial charge in [0.25, 0.3) is 0 Å². The molecular weight excluding hydrogens is 204 g/mol. The Labute approximate surface area is 93.2 Å². The van der Waals surface area contributed by atoms with Crippen LogP contribution in [-0.2, 0) is 13.2 Å². The third-order valence-corrected chi connectivity index (χ3v) is 2.05. The highest BCUT2D eigenvalue weighted by molar-refractivity contribution is 5.27. The van der Waals surface area contributed by atoms with E-state index >= 15 is 0 Å². The van der Waals surface area contributed by atoms with Crippen LogP contribution >= 0.6 is 0 Å². The van der Waals surface area contributed by atoms with E-state index in [2.05, 4.69) is 20.3 Å². The number of anilines is 1. The summed E-state index contributed by atoms with van der Waals surface area (Å²) < 4.78 is 0. The van der Waals surface area contributed by atoms with Gasteiger partial charge in [0.1, 0.15) is 0 Å². The molecule has 0 bridgehead atoms. The van der Waals surface area contributed by atoms with E-state index in [9.17, 15) is 0 Å². The fourth-order valence-electron chi connectivity index (χ4n) is 1.25. The first kappa shape index (κ1) is 10.5. The number of hydrogen-bond acceptors (Lipinski definition) is 5. The van der Waals surface area contributed by atoms with E-state index in [1.165, 1.54) is 0 Å². The molecule has 2 heterocycles. The molecule has 0 aliphatic carbocycles. The van der Waals surface area contributed by atoms with Crippen molar-refractivity contribution in [1.82, 2.24) is 15.0 Å². The second-order valence-corrected chi connectivity index (χ2v) is 3.24. The Kier molecular flexibility index (Phi) is 3.40. The molecule has 2 aromatic heterocycles. The number of aliphatic hydroxyl groups is 1. The van der Waals surface area contributed by atoms with Gasteiger partial charge in [-0.05, 0) is 17.7 Å². The molecule has 0 unspecified atom stereocenters. The van der Waals surface area contributed by atoms with Crippen molar-refractivity contribution in [2.45, 2.75) is 13.2 Å². The van der Waals surface area contributed by atoms with Crippen LogP contribution in [0.5, 0.6) is 0 Å². The average Bonchev–Trinajstić information content (AvgIpc) is 2.38. The molecule has 2 rings (SSSR count). The molecule has 82 valence electrons. The van der Waals surface area contributed by atoms with Crippen molar-refractivity contribution in [2.75, 3.05) is 5.32 Å². The lowest BCUT2D eigenvalue weighted by Gasteiger charge is -2.04. The van der Waals surface area contributed by atoms with Crippen LogP contribution in [0.1, 0.15) is 11.3 Å². The van der Waals surface area contributed by atoms with Gasteiger partial charge in [0.05, 0.1) is 12.3 Å². The molecule has 0 fully saturated rings. The fraction of sp³-hybridized carbons (Fsp3) is 0.182. The molecular formula is C11H12N4O. The SMILES string of the molecule is OCc1ccnc(NCc2cccnc2)n1. The summed E-state index contributed by atoms with van der Waals surface area (Å²) in [7, 11) is 0. The van der Waals surface area contributed by atoms with E-state index in [1.54, 1.807) is 24.7 Å². The average molecular weight is 216 g/mol. The molecule has 5 heteroatoms. The molecule has 0 saturated carbocycles. The Morgan fingerprint density at radius 1 is 1.25 bits per heavy atom. The zero-order chi connectivity index (χ0) is 11.2. The van der Waals surface area contributed by atoms with Crippen LogP contribution in [0.2, 0.25) is 0 Å². The number of aliphatic hydroxyl groups excluding tert-OH is 1. The maximum Gasteiger partial charge on any atom is 0.223 e. The lowest BCUT2D eigenvalue weighted by molar-refractivity contribution is 0.277. The van der Waals surface area contributed by atoms with Gasteiger partial charge in [-0.25, -0.2) is 9.97 Å². The summed E-state index contributed by atoms with van der Waals surface area (Å²) in [6.45, 7) is 0.535. The van der Waals surface area contributed by atoms with E-state index in [0.717, 1.165) is 5.56 Å². The molecule has 0 spiro atoms. The maximum atomic E-state index is 8.92. The van der Waals surface area contributed by atoms with E-state index < -0.39 is 0 Å². The standard InChI is InChI=1S/C11H12N4O/c16-8-10-3-5-13-11(15-10)14-7-9-2-1-4-12-6-9/h1-6,16H,7-8H2,(H,13,14,15). The zero-order valence-corrected chi connectivity index (χ0v) is 8.67. The summed E-state index contributed by atoms with van der Waals surface area (Å²) >= 11 is 0. The minimum atomic E-state index is -0.0793. The normalized spacial score (nSPS) is 10.1. The van der Waals surface area contributed by atoms with Crippen LogP contribution in [0.25, 0.3) is 0 Å². The van der Waals surface area contributed by atoms with Crippen molar-refractivity contribution in [3.05, 3.63) is 48.0 Å². The fourth-order valence-corrected chi connectivity index (χ4v) is 1.25. The molecule has 0 aliphatic heterocycles. The van der Waals surface area contributed by atoms with Gasteiger partial charge in [0, 0.05) is 25.1 Å². The number of nitrogens with one attached hydrogen (secondary N) is 1. The summed E-state index contributed by atoms with van der Waals surface area (Å²) in [5.74, 6) is 0.510. The van der Waals surface area contributed by atoms with E-state index in [4.69, 9.17) is 5.11 Å². The Balaban J connectivity index is 1.99. The summed E-state index contributed by atoms with van der Waals surface area (Å²) in [6, 6.07) is 5.52. The van der Waals surface area contributed by atoms with Gasteiger partial charge in [0.15, 0.2) is 0 Å². The van der Waals surface area contributed by atoms with Crippen LogP contribution in [0.15, 0.2) is 36.8 Å². The summed E-state index contributed by atoms with van der Waals surface area (Å²) in [5.41, 5.74) is 1.66. The van der Waals surface area contributed by atoms with E-state index in [1.807, 2.05) is 12.1 Å². The van der Waals surface area contributed by atoms with Gasteiger partial charge < -0.3 is 10.4 Å². The molecule has 16 heavy (non-hydrogen) atoms. The molecule has 0 radical (unpaired) electrons. The Morgan fingerprint density at radius 2 is 2.19 bits per heavy atom. The lowest BCUT2D eigenvalue weighted by atomic mass is 10.3. The molecule has 0 aromatic carbocycles. The van der Waals surface area contributed by atoms with Gasteiger partial charge in [0.2, 0.25) is 5.95 Å². The van der Waals surface area contributed by atoms with E-state index in [-0.39, 0.29) is 6.61 Å². The Bertz CT molecular complexity index is 447. The van der Waals surface area contributed by atoms with Crippen LogP contribution in [0, 0.1) is 0 Å². The molecule has 0 amide bonds. The largest absolute Gasteiger partial charge is 0.390 e. The maximum absolute atomic E-state index is 8.92. The molecule has 0 saturated heterocycles. The van der Waals surface area contributed by atoms with Gasteiger partial charge in [-0.2, -0.15) is 0 Å². The Morgan fingerprint density at radius 3 is 2.94 bits per heavy atom. The zero-order valence-electron chi connectivity index (χ0n) is 8.67. The molecule has 0 aliphatic rings. The number of aromatic nitrogens is 3. The van der Waals surface area contributed by atoms with Gasteiger partial charge >= 0.3 is 0 Å². The highest BCUT2D eigenvalue weighted by Gasteiger charge is 1.98. The monoisotopic (exact) mass is 216 g/mol. The molecule has 2 aromatic rings. The number of nitrogens with zero attached hydrogens (tertiary/aromatic N) is 3. The summed E-state index contributed by atoms with van der Waals surface area (Å²) in [4.78, 5) is 12.2. The second kappa shape index (κ2) is 5.18. The molecule has 0 atom stereocenters. The first-order valence-corrected chi connectivity index (χ1v) is 4.94. The third-order valence-electron chi connectivity index (χ3n) is 2.05. The first-order chi connectivity index (χ1) is 7.88. The van der Waals surface area contributed by atoms with Crippen molar-refractivity contribution in [3.8, 4) is 0 Å². The highest BCUT2D eigenvalue weighted by atomic mass is 16.3. The van der Waals surface area contributed by atoms with Crippen molar-refractivity contribution < 1.29 is 5.11 Å².